The van der Waals surface area contributed by atoms with Gasteiger partial charge in [0.1, 0.15) is 5.82 Å². The number of nitrogens with zero attached hydrogens (tertiary/aromatic N) is 2. The van der Waals surface area contributed by atoms with Gasteiger partial charge in [0.05, 0.1) is 12.5 Å². The standard InChI is InChI=1S/C5H6F3N3.ClH/c6-4(7)5(8)11-1-3(9)10-2-11;/h1-2,4-5H,9H2;1H. The molecule has 0 amide bonds. The highest BCUT2D eigenvalue weighted by Crippen LogP contribution is 2.17. The van der Waals surface area contributed by atoms with Crippen molar-refractivity contribution in [2.75, 3.05) is 5.73 Å². The van der Waals surface area contributed by atoms with Crippen LogP contribution >= 0.6 is 12.4 Å². The molecule has 1 aromatic heterocycles. The number of rotatable bonds is 2. The molecule has 7 heteroatoms. The second kappa shape index (κ2) is 4.20. The second-order valence-electron chi connectivity index (χ2n) is 1.95. The van der Waals surface area contributed by atoms with Gasteiger partial charge in [0, 0.05) is 0 Å². The molecule has 0 bridgehead atoms. The van der Waals surface area contributed by atoms with E-state index in [1.165, 1.54) is 0 Å². The SMILES string of the molecule is Cl.Nc1cn(C(F)C(F)F)cn1. The zero-order valence-corrected chi connectivity index (χ0v) is 6.64. The van der Waals surface area contributed by atoms with E-state index in [9.17, 15) is 13.2 Å². The Morgan fingerprint density at radius 3 is 2.33 bits per heavy atom. The van der Waals surface area contributed by atoms with Crippen LogP contribution in [-0.4, -0.2) is 16.0 Å². The molecule has 12 heavy (non-hydrogen) atoms. The monoisotopic (exact) mass is 201 g/mol. The summed E-state index contributed by atoms with van der Waals surface area (Å²) in [5, 5.41) is 0. The highest BCUT2D eigenvalue weighted by atomic mass is 35.5. The highest BCUT2D eigenvalue weighted by Gasteiger charge is 2.20. The Hall–Kier alpha value is -0.910. The zero-order chi connectivity index (χ0) is 8.43. The Bertz CT molecular complexity index is 240. The fraction of sp³-hybridized carbons (Fsp3) is 0.400. The van der Waals surface area contributed by atoms with Gasteiger partial charge in [-0.25, -0.2) is 18.2 Å². The molecule has 0 aliphatic carbocycles. The maximum Gasteiger partial charge on any atom is 0.288 e. The van der Waals surface area contributed by atoms with Gasteiger partial charge in [-0.15, -0.1) is 12.4 Å². The summed E-state index contributed by atoms with van der Waals surface area (Å²) in [4.78, 5) is 3.39. The van der Waals surface area contributed by atoms with Crippen molar-refractivity contribution in [2.24, 2.45) is 0 Å². The third-order valence-electron chi connectivity index (χ3n) is 1.11. The summed E-state index contributed by atoms with van der Waals surface area (Å²) >= 11 is 0. The average molecular weight is 202 g/mol. The minimum atomic E-state index is -3.05. The van der Waals surface area contributed by atoms with Gasteiger partial charge < -0.3 is 5.73 Å². The lowest BCUT2D eigenvalue weighted by atomic mass is 10.6. The first-order chi connectivity index (χ1) is 5.11. The highest BCUT2D eigenvalue weighted by molar-refractivity contribution is 5.85. The molecule has 1 aromatic rings. The van der Waals surface area contributed by atoms with Crippen molar-refractivity contribution in [3.8, 4) is 0 Å². The Morgan fingerprint density at radius 1 is 1.42 bits per heavy atom. The first kappa shape index (κ1) is 11.1. The molecule has 0 aliphatic heterocycles. The lowest BCUT2D eigenvalue weighted by Crippen LogP contribution is -2.10. The van der Waals surface area contributed by atoms with Crippen molar-refractivity contribution in [3.05, 3.63) is 12.5 Å². The Balaban J connectivity index is 0.00000121. The summed E-state index contributed by atoms with van der Waals surface area (Å²) in [6.07, 6.45) is -3.48. The van der Waals surface area contributed by atoms with Gasteiger partial charge in [-0.2, -0.15) is 0 Å². The van der Waals surface area contributed by atoms with Crippen LogP contribution in [0.3, 0.4) is 0 Å². The summed E-state index contributed by atoms with van der Waals surface area (Å²) in [5.41, 5.74) is 5.07. The quantitative estimate of drug-likeness (QED) is 0.790. The van der Waals surface area contributed by atoms with Crippen LogP contribution in [0, 0.1) is 0 Å². The molecule has 1 atom stereocenters. The minimum absolute atomic E-state index is 0. The van der Waals surface area contributed by atoms with Gasteiger partial charge in [-0.05, 0) is 0 Å². The number of halogens is 4. The Labute approximate surface area is 72.8 Å². The Morgan fingerprint density at radius 2 is 2.00 bits per heavy atom. The summed E-state index contributed by atoms with van der Waals surface area (Å²) in [7, 11) is 0. The molecular formula is C5H7ClF3N3. The first-order valence-corrected chi connectivity index (χ1v) is 2.82. The van der Waals surface area contributed by atoms with Gasteiger partial charge in [-0.3, -0.25) is 4.57 Å². The maximum absolute atomic E-state index is 12.4. The third-order valence-corrected chi connectivity index (χ3v) is 1.11. The van der Waals surface area contributed by atoms with Crippen LogP contribution in [0.5, 0.6) is 0 Å². The van der Waals surface area contributed by atoms with E-state index in [0.717, 1.165) is 12.5 Å². The fourth-order valence-corrected chi connectivity index (χ4v) is 0.618. The van der Waals surface area contributed by atoms with Gasteiger partial charge >= 0.3 is 0 Å². The molecule has 0 aromatic carbocycles. The second-order valence-corrected chi connectivity index (χ2v) is 1.95. The number of hydrogen-bond acceptors (Lipinski definition) is 2. The van der Waals surface area contributed by atoms with Gasteiger partial charge in [0.2, 0.25) is 6.30 Å². The van der Waals surface area contributed by atoms with E-state index < -0.39 is 12.7 Å². The molecule has 0 saturated carbocycles. The molecule has 1 unspecified atom stereocenters. The smallest absolute Gasteiger partial charge is 0.288 e. The van der Waals surface area contributed by atoms with E-state index in [-0.39, 0.29) is 18.2 Å². The van der Waals surface area contributed by atoms with E-state index >= 15 is 0 Å². The van der Waals surface area contributed by atoms with Crippen LogP contribution in [0.4, 0.5) is 19.0 Å². The summed E-state index contributed by atoms with van der Waals surface area (Å²) in [5.74, 6) is 0.0216. The van der Waals surface area contributed by atoms with Gasteiger partial charge in [-0.1, -0.05) is 0 Å². The van der Waals surface area contributed by atoms with Crippen LogP contribution in [0.25, 0.3) is 0 Å². The molecule has 3 nitrogen and oxygen atoms in total. The first-order valence-electron chi connectivity index (χ1n) is 2.82. The van der Waals surface area contributed by atoms with Crippen molar-refractivity contribution in [3.63, 3.8) is 0 Å². The van der Waals surface area contributed by atoms with Crippen LogP contribution in [-0.2, 0) is 0 Å². The predicted octanol–water partition coefficient (Wildman–Crippen LogP) is 1.62. The van der Waals surface area contributed by atoms with E-state index in [1.807, 2.05) is 0 Å². The molecule has 2 N–H and O–H groups in total. The van der Waals surface area contributed by atoms with Gasteiger partial charge in [0.25, 0.3) is 6.43 Å². The zero-order valence-electron chi connectivity index (χ0n) is 5.82. The normalized spacial score (nSPS) is 12.7. The largest absolute Gasteiger partial charge is 0.382 e. The number of nitrogens with two attached hydrogens (primary N) is 1. The lowest BCUT2D eigenvalue weighted by molar-refractivity contribution is 0.00798. The molecule has 1 rings (SSSR count). The average Bonchev–Trinajstić information content (AvgIpc) is 2.34. The molecule has 0 fully saturated rings. The van der Waals surface area contributed by atoms with E-state index in [1.54, 1.807) is 0 Å². The van der Waals surface area contributed by atoms with Crippen molar-refractivity contribution in [1.82, 2.24) is 9.55 Å². The van der Waals surface area contributed by atoms with Crippen molar-refractivity contribution in [2.45, 2.75) is 12.7 Å². The molecule has 70 valence electrons. The van der Waals surface area contributed by atoms with Crippen LogP contribution in [0.2, 0.25) is 0 Å². The van der Waals surface area contributed by atoms with Crippen LogP contribution < -0.4 is 5.73 Å². The van der Waals surface area contributed by atoms with Crippen molar-refractivity contribution >= 4 is 18.2 Å². The summed E-state index contributed by atoms with van der Waals surface area (Å²) in [6, 6.07) is 0. The van der Waals surface area contributed by atoms with Crippen LogP contribution in [0.15, 0.2) is 12.5 Å². The maximum atomic E-state index is 12.4. The predicted molar refractivity (Wildman–Crippen MR) is 40.0 cm³/mol. The minimum Gasteiger partial charge on any atom is -0.382 e. The fourth-order valence-electron chi connectivity index (χ4n) is 0.618. The number of anilines is 1. The van der Waals surface area contributed by atoms with E-state index in [0.29, 0.717) is 4.57 Å². The van der Waals surface area contributed by atoms with Crippen LogP contribution in [0.1, 0.15) is 6.30 Å². The topological polar surface area (TPSA) is 43.8 Å². The van der Waals surface area contributed by atoms with E-state index in [2.05, 4.69) is 4.98 Å². The van der Waals surface area contributed by atoms with Crippen molar-refractivity contribution in [1.29, 1.82) is 0 Å². The third kappa shape index (κ3) is 2.30. The lowest BCUT2D eigenvalue weighted by Gasteiger charge is -2.06. The number of hydrogen-bond donors (Lipinski definition) is 1. The molecular weight excluding hydrogens is 195 g/mol. The summed E-state index contributed by atoms with van der Waals surface area (Å²) < 4.78 is 36.3. The molecule has 0 radical (unpaired) electrons. The molecule has 0 saturated heterocycles. The van der Waals surface area contributed by atoms with E-state index in [4.69, 9.17) is 5.73 Å². The number of nitrogen functional groups attached to an aromatic ring is 1. The number of aromatic nitrogens is 2. The molecule has 0 aliphatic rings. The number of imidazole rings is 1. The Kier molecular flexibility index (Phi) is 3.88. The molecule has 1 heterocycles. The summed E-state index contributed by atoms with van der Waals surface area (Å²) in [6.45, 7) is 0. The number of alkyl halides is 3. The van der Waals surface area contributed by atoms with Gasteiger partial charge in [0.15, 0.2) is 0 Å². The molecule has 0 spiro atoms. The van der Waals surface area contributed by atoms with Crippen molar-refractivity contribution < 1.29 is 13.2 Å².